The Morgan fingerprint density at radius 1 is 1.10 bits per heavy atom. The number of anilines is 2. The van der Waals surface area contributed by atoms with Gasteiger partial charge in [0.1, 0.15) is 0 Å². The monoisotopic (exact) mass is 267 g/mol. The van der Waals surface area contributed by atoms with Gasteiger partial charge in [0.15, 0.2) is 0 Å². The third kappa shape index (κ3) is 1.84. The summed E-state index contributed by atoms with van der Waals surface area (Å²) < 4.78 is 0. The average Bonchev–Trinajstić information content (AvgIpc) is 2.90. The second-order valence-electron chi connectivity index (χ2n) is 6.20. The molecule has 1 saturated carbocycles. The van der Waals surface area contributed by atoms with Crippen molar-refractivity contribution in [1.29, 1.82) is 0 Å². The summed E-state index contributed by atoms with van der Waals surface area (Å²) in [5, 5.41) is 1.24. The van der Waals surface area contributed by atoms with Gasteiger partial charge in [0.2, 0.25) is 0 Å². The van der Waals surface area contributed by atoms with E-state index >= 15 is 0 Å². The fourth-order valence-electron chi connectivity index (χ4n) is 4.11. The molecule has 0 amide bonds. The Kier molecular flexibility index (Phi) is 2.79. The molecule has 20 heavy (non-hydrogen) atoms. The van der Waals surface area contributed by atoms with E-state index in [1.165, 1.54) is 49.7 Å². The van der Waals surface area contributed by atoms with Gasteiger partial charge in [-0.25, -0.2) is 0 Å². The Morgan fingerprint density at radius 2 is 2.00 bits per heavy atom. The van der Waals surface area contributed by atoms with Crippen LogP contribution in [0.5, 0.6) is 0 Å². The van der Waals surface area contributed by atoms with E-state index in [-0.39, 0.29) is 0 Å². The largest absolute Gasteiger partial charge is 0.399 e. The number of nitrogens with zero attached hydrogens (tertiary/aromatic N) is 2. The van der Waals surface area contributed by atoms with Crippen LogP contribution in [0, 0.1) is 5.92 Å². The maximum atomic E-state index is 5.88. The number of fused-ring (bicyclic) bond motifs is 2. The van der Waals surface area contributed by atoms with E-state index in [2.05, 4.69) is 22.0 Å². The van der Waals surface area contributed by atoms with E-state index in [1.807, 2.05) is 18.3 Å². The van der Waals surface area contributed by atoms with Crippen molar-refractivity contribution < 1.29 is 0 Å². The first-order valence-corrected chi connectivity index (χ1v) is 7.74. The molecular weight excluding hydrogens is 246 g/mol. The van der Waals surface area contributed by atoms with Gasteiger partial charge in [0.05, 0.1) is 5.52 Å². The third-order valence-corrected chi connectivity index (χ3v) is 5.06. The number of hydrogen-bond acceptors (Lipinski definition) is 3. The lowest BCUT2D eigenvalue weighted by Crippen LogP contribution is -2.34. The number of nitrogens with two attached hydrogens (primary N) is 1. The van der Waals surface area contributed by atoms with Crippen LogP contribution in [-0.2, 0) is 0 Å². The minimum atomic E-state index is 0.743. The minimum Gasteiger partial charge on any atom is -0.399 e. The lowest BCUT2D eigenvalue weighted by molar-refractivity contribution is 0.342. The number of rotatable bonds is 1. The van der Waals surface area contributed by atoms with Crippen LogP contribution < -0.4 is 10.6 Å². The maximum Gasteiger partial charge on any atom is 0.0743 e. The first-order chi connectivity index (χ1) is 9.83. The normalized spacial score (nSPS) is 25.9. The summed E-state index contributed by atoms with van der Waals surface area (Å²) in [6.45, 7) is 1.19. The van der Waals surface area contributed by atoms with Crippen molar-refractivity contribution in [3.8, 4) is 0 Å². The first kappa shape index (κ1) is 12.0. The van der Waals surface area contributed by atoms with Crippen molar-refractivity contribution in [2.24, 2.45) is 5.92 Å². The standard InChI is InChI=1S/C17H21N3/c18-13-5-6-14-15(11-13)19-9-7-17(14)20-10-8-12-3-1-2-4-16(12)20/h5-7,9,11-12,16H,1-4,8,10,18H2. The molecule has 0 spiro atoms. The topological polar surface area (TPSA) is 42.1 Å². The molecule has 4 rings (SSSR count). The molecule has 2 aromatic rings. The fraction of sp³-hybridized carbons (Fsp3) is 0.471. The van der Waals surface area contributed by atoms with Crippen LogP contribution in [0.15, 0.2) is 30.5 Å². The summed E-state index contributed by atoms with van der Waals surface area (Å²) in [6, 6.07) is 9.01. The van der Waals surface area contributed by atoms with Crippen molar-refractivity contribution in [3.63, 3.8) is 0 Å². The van der Waals surface area contributed by atoms with Crippen LogP contribution in [0.2, 0.25) is 0 Å². The Labute approximate surface area is 119 Å². The lowest BCUT2D eigenvalue weighted by atomic mass is 9.85. The predicted molar refractivity (Wildman–Crippen MR) is 83.9 cm³/mol. The minimum absolute atomic E-state index is 0.743. The highest BCUT2D eigenvalue weighted by Crippen LogP contribution is 2.40. The van der Waals surface area contributed by atoms with Gasteiger partial charge in [0.25, 0.3) is 0 Å². The number of benzene rings is 1. The molecule has 104 valence electrons. The molecule has 3 heteroatoms. The Morgan fingerprint density at radius 3 is 2.95 bits per heavy atom. The van der Waals surface area contributed by atoms with Gasteiger partial charge in [-0.2, -0.15) is 0 Å². The first-order valence-electron chi connectivity index (χ1n) is 7.74. The van der Waals surface area contributed by atoms with Crippen molar-refractivity contribution in [2.45, 2.75) is 38.1 Å². The zero-order chi connectivity index (χ0) is 13.5. The molecular formula is C17H21N3. The number of nitrogen functional groups attached to an aromatic ring is 1. The van der Waals surface area contributed by atoms with Gasteiger partial charge in [-0.05, 0) is 49.4 Å². The molecule has 1 aliphatic heterocycles. The summed E-state index contributed by atoms with van der Waals surface area (Å²) in [6.07, 6.45) is 8.84. The predicted octanol–water partition coefficient (Wildman–Crippen LogP) is 3.59. The van der Waals surface area contributed by atoms with Gasteiger partial charge in [-0.15, -0.1) is 0 Å². The van der Waals surface area contributed by atoms with E-state index in [1.54, 1.807) is 0 Å². The van der Waals surface area contributed by atoms with Gasteiger partial charge >= 0.3 is 0 Å². The molecule has 1 aromatic heterocycles. The molecule has 2 fully saturated rings. The highest BCUT2D eigenvalue weighted by Gasteiger charge is 2.36. The van der Waals surface area contributed by atoms with Gasteiger partial charge in [0, 0.05) is 35.5 Å². The van der Waals surface area contributed by atoms with Gasteiger partial charge < -0.3 is 10.6 Å². The average molecular weight is 267 g/mol. The molecule has 2 aliphatic rings. The Bertz CT molecular complexity index is 637. The smallest absolute Gasteiger partial charge is 0.0743 e. The zero-order valence-electron chi connectivity index (χ0n) is 11.8. The highest BCUT2D eigenvalue weighted by molar-refractivity contribution is 5.93. The summed E-state index contributed by atoms with van der Waals surface area (Å²) >= 11 is 0. The van der Waals surface area contributed by atoms with Crippen molar-refractivity contribution in [3.05, 3.63) is 30.5 Å². The molecule has 0 bridgehead atoms. The molecule has 1 aliphatic carbocycles. The molecule has 2 heterocycles. The lowest BCUT2D eigenvalue weighted by Gasteiger charge is -2.33. The van der Waals surface area contributed by atoms with E-state index in [9.17, 15) is 0 Å². The fourth-order valence-corrected chi connectivity index (χ4v) is 4.11. The zero-order valence-corrected chi connectivity index (χ0v) is 11.8. The maximum absolute atomic E-state index is 5.88. The highest BCUT2D eigenvalue weighted by atomic mass is 15.2. The summed E-state index contributed by atoms with van der Waals surface area (Å²) in [4.78, 5) is 7.10. The number of aromatic nitrogens is 1. The van der Waals surface area contributed by atoms with Crippen molar-refractivity contribution in [1.82, 2.24) is 4.98 Å². The van der Waals surface area contributed by atoms with Crippen LogP contribution in [0.1, 0.15) is 32.1 Å². The van der Waals surface area contributed by atoms with Gasteiger partial charge in [-0.1, -0.05) is 12.8 Å². The Hall–Kier alpha value is -1.77. The van der Waals surface area contributed by atoms with Crippen LogP contribution in [0.25, 0.3) is 10.9 Å². The molecule has 0 radical (unpaired) electrons. The summed E-state index contributed by atoms with van der Waals surface area (Å²) in [5.41, 5.74) is 9.04. The number of hydrogen-bond donors (Lipinski definition) is 1. The van der Waals surface area contributed by atoms with Crippen LogP contribution in [0.3, 0.4) is 0 Å². The summed E-state index contributed by atoms with van der Waals surface area (Å²) in [5.74, 6) is 0.903. The SMILES string of the molecule is Nc1ccc2c(N3CCC4CCCCC43)ccnc2c1. The van der Waals surface area contributed by atoms with Crippen LogP contribution in [0.4, 0.5) is 11.4 Å². The van der Waals surface area contributed by atoms with Crippen molar-refractivity contribution >= 4 is 22.3 Å². The van der Waals surface area contributed by atoms with E-state index in [0.29, 0.717) is 0 Å². The Balaban J connectivity index is 1.78. The second-order valence-corrected chi connectivity index (χ2v) is 6.20. The second kappa shape index (κ2) is 4.65. The quantitative estimate of drug-likeness (QED) is 0.803. The molecule has 2 atom stereocenters. The number of pyridine rings is 1. The summed E-state index contributed by atoms with van der Waals surface area (Å²) in [7, 11) is 0. The van der Waals surface area contributed by atoms with Crippen LogP contribution >= 0.6 is 0 Å². The molecule has 3 nitrogen and oxygen atoms in total. The third-order valence-electron chi connectivity index (χ3n) is 5.06. The van der Waals surface area contributed by atoms with E-state index in [4.69, 9.17) is 5.73 Å². The molecule has 1 aromatic carbocycles. The molecule has 2 unspecified atom stereocenters. The van der Waals surface area contributed by atoms with Gasteiger partial charge in [-0.3, -0.25) is 4.98 Å². The van der Waals surface area contributed by atoms with Crippen molar-refractivity contribution in [2.75, 3.05) is 17.2 Å². The van der Waals surface area contributed by atoms with E-state index < -0.39 is 0 Å². The van der Waals surface area contributed by atoms with Crippen LogP contribution in [-0.4, -0.2) is 17.6 Å². The van der Waals surface area contributed by atoms with E-state index in [0.717, 1.165) is 23.2 Å². The molecule has 2 N–H and O–H groups in total. The molecule has 1 saturated heterocycles.